The molecule has 18 heavy (non-hydrogen) atoms. The Balaban J connectivity index is 0.00000162. The van der Waals surface area contributed by atoms with E-state index in [1.54, 1.807) is 0 Å². The second kappa shape index (κ2) is 6.40. The van der Waals surface area contributed by atoms with E-state index in [1.165, 1.54) is 12.8 Å². The molecule has 0 spiro atoms. The van der Waals surface area contributed by atoms with Crippen LogP contribution in [0.3, 0.4) is 0 Å². The highest BCUT2D eigenvalue weighted by Crippen LogP contribution is 2.23. The number of nitrogens with zero attached hydrogens (tertiary/aromatic N) is 2. The molecule has 2 rings (SSSR count). The second-order valence-corrected chi connectivity index (χ2v) is 4.78. The van der Waals surface area contributed by atoms with Crippen LogP contribution in [-0.2, 0) is 0 Å². The van der Waals surface area contributed by atoms with Crippen molar-refractivity contribution in [1.82, 2.24) is 10.5 Å². The summed E-state index contributed by atoms with van der Waals surface area (Å²) in [6.45, 7) is 6.66. The molecule has 0 radical (unpaired) electrons. The maximum Gasteiger partial charge on any atom is 0.188 e. The average molecular weight is 364 g/mol. The maximum atomic E-state index is 5.79. The minimum Gasteiger partial charge on any atom is -0.370 e. The summed E-state index contributed by atoms with van der Waals surface area (Å²) in [7, 11) is 0. The fraction of sp³-hybridized carbons (Fsp3) is 0.667. The molecule has 1 saturated carbocycles. The lowest BCUT2D eigenvalue weighted by molar-refractivity contribution is 0.391. The van der Waals surface area contributed by atoms with E-state index in [1.807, 2.05) is 13.8 Å². The van der Waals surface area contributed by atoms with Crippen LogP contribution in [0.1, 0.15) is 42.7 Å². The van der Waals surface area contributed by atoms with E-state index in [2.05, 4.69) is 22.4 Å². The van der Waals surface area contributed by atoms with Crippen LogP contribution < -0.4 is 11.1 Å². The lowest BCUT2D eigenvalue weighted by atomic mass is 10.00. The topological polar surface area (TPSA) is 76.4 Å². The van der Waals surface area contributed by atoms with E-state index >= 15 is 0 Å². The molecule has 1 aliphatic rings. The van der Waals surface area contributed by atoms with Crippen molar-refractivity contribution in [2.24, 2.45) is 10.7 Å². The van der Waals surface area contributed by atoms with Crippen LogP contribution in [0.2, 0.25) is 0 Å². The minimum absolute atomic E-state index is 0. The van der Waals surface area contributed by atoms with Crippen molar-refractivity contribution in [1.29, 1.82) is 0 Å². The Hall–Kier alpha value is -0.790. The summed E-state index contributed by atoms with van der Waals surface area (Å²) in [5.41, 5.74) is 7.88. The number of hydrogen-bond acceptors (Lipinski definition) is 3. The first-order valence-electron chi connectivity index (χ1n) is 6.07. The molecule has 5 nitrogen and oxygen atoms in total. The number of nitrogens with one attached hydrogen (secondary N) is 1. The molecular weight excluding hydrogens is 343 g/mol. The average Bonchev–Trinajstić information content (AvgIpc) is 3.01. The summed E-state index contributed by atoms with van der Waals surface area (Å²) < 4.78 is 5.15. The first-order valence-corrected chi connectivity index (χ1v) is 6.07. The SMILES string of the molecule is Cc1noc(C)c1C(C)CN=C(N)NC1CC1.I. The molecule has 6 heteroatoms. The molecule has 0 bridgehead atoms. The first kappa shape index (κ1) is 15.3. The molecule has 1 atom stereocenters. The van der Waals surface area contributed by atoms with Gasteiger partial charge in [-0.3, -0.25) is 4.99 Å². The van der Waals surface area contributed by atoms with Gasteiger partial charge in [-0.05, 0) is 26.7 Å². The Morgan fingerprint density at radius 1 is 1.56 bits per heavy atom. The number of guanidine groups is 1. The third kappa shape index (κ3) is 3.86. The maximum absolute atomic E-state index is 5.79. The molecule has 1 heterocycles. The van der Waals surface area contributed by atoms with Crippen molar-refractivity contribution in [3.63, 3.8) is 0 Å². The molecule has 0 aliphatic heterocycles. The van der Waals surface area contributed by atoms with Crippen molar-refractivity contribution in [3.05, 3.63) is 17.0 Å². The number of aliphatic imine (C=N–C) groups is 1. The summed E-state index contributed by atoms with van der Waals surface area (Å²) in [6, 6.07) is 0.549. The fourth-order valence-corrected chi connectivity index (χ4v) is 2.00. The fourth-order valence-electron chi connectivity index (χ4n) is 2.00. The van der Waals surface area contributed by atoms with Crippen LogP contribution in [0.5, 0.6) is 0 Å². The van der Waals surface area contributed by atoms with Crippen LogP contribution in [0.4, 0.5) is 0 Å². The van der Waals surface area contributed by atoms with Gasteiger partial charge in [0.2, 0.25) is 0 Å². The smallest absolute Gasteiger partial charge is 0.188 e. The molecule has 102 valence electrons. The van der Waals surface area contributed by atoms with Gasteiger partial charge in [0.15, 0.2) is 5.96 Å². The van der Waals surface area contributed by atoms with Gasteiger partial charge in [0, 0.05) is 24.1 Å². The zero-order chi connectivity index (χ0) is 12.4. The highest BCUT2D eigenvalue weighted by molar-refractivity contribution is 14.0. The number of halogens is 1. The van der Waals surface area contributed by atoms with Crippen molar-refractivity contribution < 1.29 is 4.52 Å². The number of aromatic nitrogens is 1. The van der Waals surface area contributed by atoms with Gasteiger partial charge < -0.3 is 15.6 Å². The predicted molar refractivity (Wildman–Crippen MR) is 82.5 cm³/mol. The number of rotatable bonds is 4. The van der Waals surface area contributed by atoms with E-state index in [0.717, 1.165) is 17.0 Å². The predicted octanol–water partition coefficient (Wildman–Crippen LogP) is 2.08. The van der Waals surface area contributed by atoms with Crippen LogP contribution in [0.25, 0.3) is 0 Å². The van der Waals surface area contributed by atoms with Crippen molar-refractivity contribution in [3.8, 4) is 0 Å². The van der Waals surface area contributed by atoms with Gasteiger partial charge in [-0.25, -0.2) is 0 Å². The van der Waals surface area contributed by atoms with Gasteiger partial charge in [-0.1, -0.05) is 12.1 Å². The molecule has 3 N–H and O–H groups in total. The Morgan fingerprint density at radius 3 is 2.72 bits per heavy atom. The van der Waals surface area contributed by atoms with Gasteiger partial charge in [0.1, 0.15) is 5.76 Å². The Kier molecular flexibility index (Phi) is 5.43. The standard InChI is InChI=1S/C12H20N4O.HI/c1-7(11-8(2)16-17-9(11)3)6-14-12(13)15-10-4-5-10;/h7,10H,4-6H2,1-3H3,(H3,13,14,15);1H. The number of nitrogens with two attached hydrogens (primary N) is 1. The molecule has 0 amide bonds. The summed E-state index contributed by atoms with van der Waals surface area (Å²) in [6.07, 6.45) is 2.41. The van der Waals surface area contributed by atoms with Crippen LogP contribution >= 0.6 is 24.0 Å². The highest BCUT2D eigenvalue weighted by Gasteiger charge is 2.21. The van der Waals surface area contributed by atoms with Crippen molar-refractivity contribution in [2.75, 3.05) is 6.54 Å². The zero-order valence-electron chi connectivity index (χ0n) is 11.1. The second-order valence-electron chi connectivity index (χ2n) is 4.78. The third-order valence-electron chi connectivity index (χ3n) is 3.05. The third-order valence-corrected chi connectivity index (χ3v) is 3.05. The molecule has 1 aliphatic carbocycles. The molecule has 1 aromatic heterocycles. The van der Waals surface area contributed by atoms with Gasteiger partial charge in [-0.15, -0.1) is 24.0 Å². The molecule has 1 aromatic rings. The molecule has 0 aromatic carbocycles. The van der Waals surface area contributed by atoms with Gasteiger partial charge >= 0.3 is 0 Å². The first-order chi connectivity index (χ1) is 8.08. The van der Waals surface area contributed by atoms with Crippen LogP contribution in [-0.4, -0.2) is 23.7 Å². The van der Waals surface area contributed by atoms with E-state index in [-0.39, 0.29) is 29.9 Å². The van der Waals surface area contributed by atoms with E-state index in [9.17, 15) is 0 Å². The van der Waals surface area contributed by atoms with Crippen LogP contribution in [0.15, 0.2) is 9.52 Å². The minimum atomic E-state index is 0. The normalized spacial score (nSPS) is 17.2. The molecule has 0 saturated heterocycles. The van der Waals surface area contributed by atoms with E-state index in [0.29, 0.717) is 18.5 Å². The Labute approximate surface area is 125 Å². The molecule has 1 fully saturated rings. The Morgan fingerprint density at radius 2 is 2.22 bits per heavy atom. The molecular formula is C12H21IN4O. The zero-order valence-corrected chi connectivity index (χ0v) is 13.4. The van der Waals surface area contributed by atoms with Gasteiger partial charge in [0.05, 0.1) is 5.69 Å². The summed E-state index contributed by atoms with van der Waals surface area (Å²) in [4.78, 5) is 4.36. The van der Waals surface area contributed by atoms with E-state index < -0.39 is 0 Å². The van der Waals surface area contributed by atoms with Crippen molar-refractivity contribution >= 4 is 29.9 Å². The number of hydrogen-bond donors (Lipinski definition) is 2. The lowest BCUT2D eigenvalue weighted by Crippen LogP contribution is -2.33. The van der Waals surface area contributed by atoms with Gasteiger partial charge in [0.25, 0.3) is 0 Å². The highest BCUT2D eigenvalue weighted by atomic mass is 127. The van der Waals surface area contributed by atoms with Gasteiger partial charge in [-0.2, -0.15) is 0 Å². The number of aryl methyl sites for hydroxylation is 2. The van der Waals surface area contributed by atoms with E-state index in [4.69, 9.17) is 10.3 Å². The quantitative estimate of drug-likeness (QED) is 0.487. The largest absolute Gasteiger partial charge is 0.370 e. The monoisotopic (exact) mass is 364 g/mol. The van der Waals surface area contributed by atoms with Crippen molar-refractivity contribution in [2.45, 2.75) is 45.6 Å². The molecule has 1 unspecified atom stereocenters. The van der Waals surface area contributed by atoms with Crippen LogP contribution in [0, 0.1) is 13.8 Å². The summed E-state index contributed by atoms with van der Waals surface area (Å²) in [5, 5.41) is 7.12. The summed E-state index contributed by atoms with van der Waals surface area (Å²) >= 11 is 0. The summed E-state index contributed by atoms with van der Waals surface area (Å²) in [5.74, 6) is 1.70. The lowest BCUT2D eigenvalue weighted by Gasteiger charge is -2.09. The Bertz CT molecular complexity index is 406.